The number of rotatable bonds is 9. The highest BCUT2D eigenvalue weighted by Gasteiger charge is 2.15. The first-order valence-electron chi connectivity index (χ1n) is 10.6. The highest BCUT2D eigenvalue weighted by molar-refractivity contribution is 5.72. The normalized spacial score (nSPS) is 11.0. The third-order valence-corrected chi connectivity index (χ3v) is 5.31. The molecule has 6 nitrogen and oxygen atoms in total. The Morgan fingerprint density at radius 1 is 1.03 bits per heavy atom. The fourth-order valence-corrected chi connectivity index (χ4v) is 3.67. The first-order valence-corrected chi connectivity index (χ1v) is 10.6. The zero-order chi connectivity index (χ0) is 23.2. The molecule has 0 atom stereocenters. The Morgan fingerprint density at radius 3 is 2.52 bits per heavy atom. The number of hydrogen-bond acceptors (Lipinski definition) is 5. The number of carboxylic acid groups (broad SMARTS) is 1. The van der Waals surface area contributed by atoms with Gasteiger partial charge in [0, 0.05) is 30.2 Å². The Bertz CT molecular complexity index is 1250. The van der Waals surface area contributed by atoms with Crippen molar-refractivity contribution in [2.75, 3.05) is 7.11 Å². The quantitative estimate of drug-likeness (QED) is 0.352. The van der Waals surface area contributed by atoms with Gasteiger partial charge in [-0.25, -0.2) is 4.39 Å². The molecule has 0 aliphatic heterocycles. The highest BCUT2D eigenvalue weighted by atomic mass is 19.1. The molecule has 4 rings (SSSR count). The maximum Gasteiger partial charge on any atom is 0.303 e. The molecule has 3 aromatic carbocycles. The standard InChI is InChI=1S/C26H23FN2O4/c1-32-16-20-15-19(13-14-21(20)22-6-2-3-7-23(22)27)26-28-25(29-33-26)18-11-9-17(10-12-18)5-4-8-24(30)31/h2-3,6-7,9-15H,4-5,8,16H2,1H3,(H,30,31). The fourth-order valence-electron chi connectivity index (χ4n) is 3.67. The van der Waals surface area contributed by atoms with Crippen LogP contribution in [0.5, 0.6) is 0 Å². The van der Waals surface area contributed by atoms with Crippen molar-refractivity contribution in [2.24, 2.45) is 0 Å². The number of nitrogens with zero attached hydrogens (tertiary/aromatic N) is 2. The van der Waals surface area contributed by atoms with E-state index < -0.39 is 5.97 Å². The van der Waals surface area contributed by atoms with Crippen molar-refractivity contribution >= 4 is 5.97 Å². The van der Waals surface area contributed by atoms with Crippen LogP contribution >= 0.6 is 0 Å². The summed E-state index contributed by atoms with van der Waals surface area (Å²) in [6.07, 6.45) is 1.44. The molecule has 1 N–H and O–H groups in total. The van der Waals surface area contributed by atoms with E-state index in [9.17, 15) is 9.18 Å². The maximum absolute atomic E-state index is 14.3. The molecule has 0 unspecified atom stereocenters. The van der Waals surface area contributed by atoms with Crippen molar-refractivity contribution in [2.45, 2.75) is 25.9 Å². The second-order valence-corrected chi connectivity index (χ2v) is 7.65. The van der Waals surface area contributed by atoms with Crippen molar-refractivity contribution in [1.82, 2.24) is 10.1 Å². The molecular weight excluding hydrogens is 423 g/mol. The van der Waals surface area contributed by atoms with Gasteiger partial charge in [-0.1, -0.05) is 53.7 Å². The number of ether oxygens (including phenoxy) is 1. The molecule has 168 valence electrons. The number of aromatic nitrogens is 2. The number of carbonyl (C=O) groups is 1. The van der Waals surface area contributed by atoms with Gasteiger partial charge in [0.2, 0.25) is 5.82 Å². The second kappa shape index (κ2) is 10.2. The predicted octanol–water partition coefficient (Wildman–Crippen LogP) is 5.76. The predicted molar refractivity (Wildman–Crippen MR) is 122 cm³/mol. The van der Waals surface area contributed by atoms with Crippen LogP contribution in [0.1, 0.15) is 24.0 Å². The molecule has 0 amide bonds. The molecule has 0 saturated carbocycles. The molecular formula is C26H23FN2O4. The average molecular weight is 446 g/mol. The van der Waals surface area contributed by atoms with Gasteiger partial charge in [-0.15, -0.1) is 0 Å². The summed E-state index contributed by atoms with van der Waals surface area (Å²) in [6.45, 7) is 0.307. The van der Waals surface area contributed by atoms with Gasteiger partial charge in [0.15, 0.2) is 0 Å². The molecule has 0 spiro atoms. The Hall–Kier alpha value is -3.84. The Kier molecular flexibility index (Phi) is 6.90. The van der Waals surface area contributed by atoms with Crippen LogP contribution in [0, 0.1) is 5.82 Å². The second-order valence-electron chi connectivity index (χ2n) is 7.65. The minimum Gasteiger partial charge on any atom is -0.481 e. The summed E-state index contributed by atoms with van der Waals surface area (Å²) < 4.78 is 25.1. The maximum atomic E-state index is 14.3. The van der Waals surface area contributed by atoms with E-state index >= 15 is 0 Å². The summed E-state index contributed by atoms with van der Waals surface area (Å²) in [5.41, 5.74) is 4.63. The van der Waals surface area contributed by atoms with Gasteiger partial charge in [0.25, 0.3) is 5.89 Å². The first-order chi connectivity index (χ1) is 16.0. The number of carboxylic acids is 1. The molecule has 0 saturated heterocycles. The van der Waals surface area contributed by atoms with Gasteiger partial charge in [0.1, 0.15) is 5.82 Å². The zero-order valence-electron chi connectivity index (χ0n) is 18.1. The summed E-state index contributed by atoms with van der Waals surface area (Å²) in [5.74, 6) is -0.280. The van der Waals surface area contributed by atoms with Gasteiger partial charge in [0.05, 0.1) is 6.61 Å². The Labute approximate surface area is 190 Å². The smallest absolute Gasteiger partial charge is 0.303 e. The topological polar surface area (TPSA) is 85.5 Å². The van der Waals surface area contributed by atoms with Crippen LogP contribution in [0.15, 0.2) is 71.3 Å². The Morgan fingerprint density at radius 2 is 1.79 bits per heavy atom. The SMILES string of the molecule is COCc1cc(-c2nc(-c3ccc(CCCC(=O)O)cc3)no2)ccc1-c1ccccc1F. The summed E-state index contributed by atoms with van der Waals surface area (Å²) >= 11 is 0. The van der Waals surface area contributed by atoms with E-state index in [1.54, 1.807) is 25.3 Å². The highest BCUT2D eigenvalue weighted by Crippen LogP contribution is 2.31. The van der Waals surface area contributed by atoms with Crippen LogP contribution in [0.4, 0.5) is 4.39 Å². The molecule has 1 heterocycles. The van der Waals surface area contributed by atoms with E-state index in [0.717, 1.165) is 22.3 Å². The lowest BCUT2D eigenvalue weighted by molar-refractivity contribution is -0.137. The number of aliphatic carboxylic acids is 1. The lowest BCUT2D eigenvalue weighted by Gasteiger charge is -2.11. The molecule has 4 aromatic rings. The number of halogens is 1. The van der Waals surface area contributed by atoms with Crippen molar-refractivity contribution in [3.8, 4) is 34.0 Å². The molecule has 0 aliphatic rings. The molecule has 0 fully saturated rings. The van der Waals surface area contributed by atoms with E-state index in [4.69, 9.17) is 14.4 Å². The summed E-state index contributed by atoms with van der Waals surface area (Å²) in [5, 5.41) is 12.9. The van der Waals surface area contributed by atoms with Crippen LogP contribution in [0.3, 0.4) is 0 Å². The minimum absolute atomic E-state index is 0.150. The third-order valence-electron chi connectivity index (χ3n) is 5.31. The van der Waals surface area contributed by atoms with E-state index in [2.05, 4.69) is 10.1 Å². The largest absolute Gasteiger partial charge is 0.481 e. The van der Waals surface area contributed by atoms with Gasteiger partial charge >= 0.3 is 5.97 Å². The van der Waals surface area contributed by atoms with Crippen molar-refractivity contribution in [3.05, 3.63) is 83.7 Å². The summed E-state index contributed by atoms with van der Waals surface area (Å²) in [7, 11) is 1.59. The Balaban J connectivity index is 1.56. The van der Waals surface area contributed by atoms with Gasteiger partial charge in [-0.3, -0.25) is 4.79 Å². The van der Waals surface area contributed by atoms with Crippen LogP contribution in [-0.4, -0.2) is 28.3 Å². The number of hydrogen-bond donors (Lipinski definition) is 1. The van der Waals surface area contributed by atoms with E-state index in [1.807, 2.05) is 42.5 Å². The molecule has 7 heteroatoms. The van der Waals surface area contributed by atoms with E-state index in [0.29, 0.717) is 42.3 Å². The van der Waals surface area contributed by atoms with Crippen LogP contribution in [0.2, 0.25) is 0 Å². The summed E-state index contributed by atoms with van der Waals surface area (Å²) in [4.78, 5) is 15.2. The number of methoxy groups -OCH3 is 1. The minimum atomic E-state index is -0.790. The monoisotopic (exact) mass is 446 g/mol. The van der Waals surface area contributed by atoms with Gasteiger partial charge in [-0.05, 0) is 47.7 Å². The average Bonchev–Trinajstić information content (AvgIpc) is 3.30. The molecule has 33 heavy (non-hydrogen) atoms. The van der Waals surface area contributed by atoms with Gasteiger partial charge in [-0.2, -0.15) is 4.98 Å². The molecule has 0 radical (unpaired) electrons. The third kappa shape index (κ3) is 5.32. The zero-order valence-corrected chi connectivity index (χ0v) is 18.1. The lowest BCUT2D eigenvalue weighted by Crippen LogP contribution is -1.96. The van der Waals surface area contributed by atoms with Gasteiger partial charge < -0.3 is 14.4 Å². The van der Waals surface area contributed by atoms with Crippen LogP contribution in [0.25, 0.3) is 34.0 Å². The summed E-state index contributed by atoms with van der Waals surface area (Å²) in [6, 6.07) is 19.8. The molecule has 0 bridgehead atoms. The molecule has 0 aliphatic carbocycles. The van der Waals surface area contributed by atoms with E-state index in [1.165, 1.54) is 6.07 Å². The number of aryl methyl sites for hydroxylation is 1. The van der Waals surface area contributed by atoms with Crippen molar-refractivity contribution in [1.29, 1.82) is 0 Å². The lowest BCUT2D eigenvalue weighted by atomic mass is 9.97. The van der Waals surface area contributed by atoms with Crippen LogP contribution < -0.4 is 0 Å². The number of benzene rings is 3. The van der Waals surface area contributed by atoms with Crippen molar-refractivity contribution < 1.29 is 23.6 Å². The fraction of sp³-hybridized carbons (Fsp3) is 0.192. The first kappa shape index (κ1) is 22.4. The van der Waals surface area contributed by atoms with Crippen molar-refractivity contribution in [3.63, 3.8) is 0 Å². The van der Waals surface area contributed by atoms with Crippen LogP contribution in [-0.2, 0) is 22.6 Å². The van der Waals surface area contributed by atoms with E-state index in [-0.39, 0.29) is 12.2 Å². The molecule has 1 aromatic heterocycles.